The summed E-state index contributed by atoms with van der Waals surface area (Å²) >= 11 is 0. The third-order valence-corrected chi connectivity index (χ3v) is 4.28. The summed E-state index contributed by atoms with van der Waals surface area (Å²) in [4.78, 5) is 27.0. The van der Waals surface area contributed by atoms with E-state index in [9.17, 15) is 9.59 Å². The fourth-order valence-electron chi connectivity index (χ4n) is 2.88. The van der Waals surface area contributed by atoms with Crippen LogP contribution in [-0.2, 0) is 16.1 Å². The Morgan fingerprint density at radius 2 is 1.62 bits per heavy atom. The highest BCUT2D eigenvalue weighted by molar-refractivity contribution is 5.87. The Balaban J connectivity index is 1.67. The van der Waals surface area contributed by atoms with Crippen LogP contribution in [0.2, 0.25) is 0 Å². The van der Waals surface area contributed by atoms with Crippen LogP contribution in [0.25, 0.3) is 0 Å². The molecular formula is C20H23N3O3. The van der Waals surface area contributed by atoms with Crippen LogP contribution in [0.1, 0.15) is 17.2 Å². The van der Waals surface area contributed by atoms with E-state index in [2.05, 4.69) is 10.6 Å². The zero-order valence-corrected chi connectivity index (χ0v) is 14.6. The fraction of sp³-hybridized carbons (Fsp3) is 0.300. The number of benzene rings is 2. The number of amides is 2. The standard InChI is InChI=1S/C20H23N3O3/c24-19(23-13-11-21-12-14-23)18(17-9-5-2-6-10-17)22-20(25)26-15-16-7-3-1-4-8-16/h1-10,18,21H,11-15H2,(H,22,25). The van der Waals surface area contributed by atoms with Gasteiger partial charge in [-0.15, -0.1) is 0 Å². The van der Waals surface area contributed by atoms with Crippen LogP contribution in [0, 0.1) is 0 Å². The van der Waals surface area contributed by atoms with Gasteiger partial charge in [-0.25, -0.2) is 4.79 Å². The average molecular weight is 353 g/mol. The molecule has 1 saturated heterocycles. The Hall–Kier alpha value is -2.86. The van der Waals surface area contributed by atoms with E-state index in [0.717, 1.165) is 24.2 Å². The monoisotopic (exact) mass is 353 g/mol. The van der Waals surface area contributed by atoms with Gasteiger partial charge in [-0.05, 0) is 11.1 Å². The zero-order valence-electron chi connectivity index (χ0n) is 14.6. The number of carbonyl (C=O) groups is 2. The number of hydrogen-bond donors (Lipinski definition) is 2. The van der Waals surface area contributed by atoms with E-state index in [-0.39, 0.29) is 12.5 Å². The van der Waals surface area contributed by atoms with Crippen molar-refractivity contribution in [1.29, 1.82) is 0 Å². The molecule has 136 valence electrons. The van der Waals surface area contributed by atoms with Crippen LogP contribution in [0.4, 0.5) is 4.79 Å². The lowest BCUT2D eigenvalue weighted by Crippen LogP contribution is -2.50. The molecule has 2 aromatic carbocycles. The van der Waals surface area contributed by atoms with Crippen LogP contribution >= 0.6 is 0 Å². The molecule has 0 aromatic heterocycles. The van der Waals surface area contributed by atoms with Crippen LogP contribution in [0.3, 0.4) is 0 Å². The first-order valence-corrected chi connectivity index (χ1v) is 8.76. The molecule has 0 spiro atoms. The third kappa shape index (κ3) is 4.83. The van der Waals surface area contributed by atoms with E-state index >= 15 is 0 Å². The van der Waals surface area contributed by atoms with Gasteiger partial charge in [0, 0.05) is 26.2 Å². The second-order valence-corrected chi connectivity index (χ2v) is 6.13. The van der Waals surface area contributed by atoms with E-state index in [1.54, 1.807) is 4.90 Å². The van der Waals surface area contributed by atoms with Gasteiger partial charge < -0.3 is 20.3 Å². The maximum atomic E-state index is 12.9. The number of alkyl carbamates (subject to hydrolysis) is 1. The lowest BCUT2D eigenvalue weighted by atomic mass is 10.1. The number of carbonyl (C=O) groups excluding carboxylic acids is 2. The van der Waals surface area contributed by atoms with Gasteiger partial charge in [0.15, 0.2) is 0 Å². The van der Waals surface area contributed by atoms with E-state index in [1.165, 1.54) is 0 Å². The molecule has 1 heterocycles. The smallest absolute Gasteiger partial charge is 0.408 e. The number of nitrogens with zero attached hydrogens (tertiary/aromatic N) is 1. The van der Waals surface area contributed by atoms with Gasteiger partial charge in [-0.2, -0.15) is 0 Å². The quantitative estimate of drug-likeness (QED) is 0.863. The summed E-state index contributed by atoms with van der Waals surface area (Å²) < 4.78 is 5.28. The van der Waals surface area contributed by atoms with E-state index in [1.807, 2.05) is 60.7 Å². The number of ether oxygens (including phenoxy) is 1. The summed E-state index contributed by atoms with van der Waals surface area (Å²) in [5, 5.41) is 5.95. The molecule has 2 amide bonds. The van der Waals surface area contributed by atoms with Crippen molar-refractivity contribution in [2.75, 3.05) is 26.2 Å². The number of piperazine rings is 1. The summed E-state index contributed by atoms with van der Waals surface area (Å²) in [6.07, 6.45) is -0.605. The highest BCUT2D eigenvalue weighted by Gasteiger charge is 2.28. The van der Waals surface area contributed by atoms with Gasteiger partial charge in [-0.1, -0.05) is 60.7 Å². The first-order valence-electron chi connectivity index (χ1n) is 8.76. The van der Waals surface area contributed by atoms with E-state index in [4.69, 9.17) is 4.74 Å². The molecule has 0 radical (unpaired) electrons. The van der Waals surface area contributed by atoms with Gasteiger partial charge in [0.2, 0.25) is 5.91 Å². The number of rotatable bonds is 5. The van der Waals surface area contributed by atoms with Crippen LogP contribution in [-0.4, -0.2) is 43.1 Å². The highest BCUT2D eigenvalue weighted by atomic mass is 16.5. The van der Waals surface area contributed by atoms with Gasteiger partial charge in [0.25, 0.3) is 0 Å². The second-order valence-electron chi connectivity index (χ2n) is 6.13. The molecule has 26 heavy (non-hydrogen) atoms. The Labute approximate surface area is 153 Å². The summed E-state index contributed by atoms with van der Waals surface area (Å²) in [6.45, 7) is 2.93. The van der Waals surface area contributed by atoms with Gasteiger partial charge in [0.05, 0.1) is 0 Å². The average Bonchev–Trinajstić information content (AvgIpc) is 2.72. The topological polar surface area (TPSA) is 70.7 Å². The Morgan fingerprint density at radius 1 is 1.00 bits per heavy atom. The van der Waals surface area contributed by atoms with E-state index < -0.39 is 12.1 Å². The molecule has 1 atom stereocenters. The molecule has 6 nitrogen and oxygen atoms in total. The molecule has 1 aliphatic rings. The molecule has 0 aliphatic carbocycles. The van der Waals surface area contributed by atoms with Crippen molar-refractivity contribution < 1.29 is 14.3 Å². The molecular weight excluding hydrogens is 330 g/mol. The number of hydrogen-bond acceptors (Lipinski definition) is 4. The molecule has 1 aliphatic heterocycles. The Morgan fingerprint density at radius 3 is 2.27 bits per heavy atom. The minimum absolute atomic E-state index is 0.116. The number of nitrogens with one attached hydrogen (secondary N) is 2. The largest absolute Gasteiger partial charge is 0.445 e. The third-order valence-electron chi connectivity index (χ3n) is 4.28. The predicted molar refractivity (Wildman–Crippen MR) is 98.4 cm³/mol. The SMILES string of the molecule is O=C(NC(C(=O)N1CCNCC1)c1ccccc1)OCc1ccccc1. The predicted octanol–water partition coefficient (Wildman–Crippen LogP) is 2.09. The summed E-state index contributed by atoms with van der Waals surface area (Å²) in [6, 6.07) is 17.9. The van der Waals surface area contributed by atoms with Crippen molar-refractivity contribution in [3.05, 3.63) is 71.8 Å². The normalized spacial score (nSPS) is 15.2. The van der Waals surface area contributed by atoms with E-state index in [0.29, 0.717) is 13.1 Å². The van der Waals surface area contributed by atoms with Gasteiger partial charge in [-0.3, -0.25) is 4.79 Å². The zero-order chi connectivity index (χ0) is 18.2. The van der Waals surface area contributed by atoms with Crippen molar-refractivity contribution in [2.24, 2.45) is 0 Å². The van der Waals surface area contributed by atoms with Gasteiger partial charge >= 0.3 is 6.09 Å². The molecule has 1 fully saturated rings. The van der Waals surface area contributed by atoms with Crippen molar-refractivity contribution in [2.45, 2.75) is 12.6 Å². The minimum Gasteiger partial charge on any atom is -0.445 e. The van der Waals surface area contributed by atoms with Crippen LogP contribution in [0.15, 0.2) is 60.7 Å². The summed E-state index contributed by atoms with van der Waals surface area (Å²) in [5.74, 6) is -0.116. The van der Waals surface area contributed by atoms with Crippen LogP contribution < -0.4 is 10.6 Å². The van der Waals surface area contributed by atoms with Crippen LogP contribution in [0.5, 0.6) is 0 Å². The minimum atomic E-state index is -0.752. The first-order chi connectivity index (χ1) is 12.7. The maximum absolute atomic E-state index is 12.9. The van der Waals surface area contributed by atoms with Gasteiger partial charge in [0.1, 0.15) is 12.6 Å². The fourth-order valence-corrected chi connectivity index (χ4v) is 2.88. The highest BCUT2D eigenvalue weighted by Crippen LogP contribution is 2.17. The molecule has 0 saturated carbocycles. The molecule has 2 N–H and O–H groups in total. The first kappa shape index (κ1) is 17.9. The Kier molecular flexibility index (Phi) is 6.22. The second kappa shape index (κ2) is 9.01. The van der Waals surface area contributed by atoms with Crippen molar-refractivity contribution in [3.8, 4) is 0 Å². The van der Waals surface area contributed by atoms with Crippen molar-refractivity contribution in [3.63, 3.8) is 0 Å². The lowest BCUT2D eigenvalue weighted by Gasteiger charge is -2.31. The van der Waals surface area contributed by atoms with Crippen molar-refractivity contribution in [1.82, 2.24) is 15.5 Å². The molecule has 3 rings (SSSR count). The van der Waals surface area contributed by atoms with Crippen molar-refractivity contribution >= 4 is 12.0 Å². The summed E-state index contributed by atoms with van der Waals surface area (Å²) in [5.41, 5.74) is 1.64. The molecule has 1 unspecified atom stereocenters. The lowest BCUT2D eigenvalue weighted by molar-refractivity contribution is -0.134. The summed E-state index contributed by atoms with van der Waals surface area (Å²) in [7, 11) is 0. The maximum Gasteiger partial charge on any atom is 0.408 e. The molecule has 0 bridgehead atoms. The molecule has 6 heteroatoms. The Bertz CT molecular complexity index is 716. The molecule has 2 aromatic rings.